The van der Waals surface area contributed by atoms with Crippen LogP contribution < -0.4 is 4.72 Å². The second-order valence-corrected chi connectivity index (χ2v) is 8.40. The van der Waals surface area contributed by atoms with E-state index in [0.29, 0.717) is 10.8 Å². The molecule has 3 rings (SSSR count). The molecule has 1 aliphatic heterocycles. The number of ether oxygens (including phenoxy) is 1. The summed E-state index contributed by atoms with van der Waals surface area (Å²) in [6.45, 7) is 4.72. The van der Waals surface area contributed by atoms with Crippen LogP contribution in [0.4, 0.5) is 0 Å². The smallest absolute Gasteiger partial charge is 0.250 e. The number of sulfonamides is 1. The number of morpholine rings is 1. The summed E-state index contributed by atoms with van der Waals surface area (Å²) in [5.41, 5.74) is 2.19. The maximum Gasteiger partial charge on any atom is 0.250 e. The fourth-order valence-corrected chi connectivity index (χ4v) is 4.50. The molecule has 0 amide bonds. The number of nitrogens with zero attached hydrogens (tertiary/aromatic N) is 1. The molecule has 7 heteroatoms. The normalized spacial score (nSPS) is 16.5. The van der Waals surface area contributed by atoms with Crippen LogP contribution in [0.15, 0.2) is 46.0 Å². The molecule has 0 aliphatic carbocycles. The summed E-state index contributed by atoms with van der Waals surface area (Å²) in [5, 5.41) is 1.76. The van der Waals surface area contributed by atoms with E-state index in [-0.39, 0.29) is 0 Å². The highest BCUT2D eigenvalue weighted by molar-refractivity contribution is 7.91. The van der Waals surface area contributed by atoms with Crippen LogP contribution in [-0.2, 0) is 27.8 Å². The molecular formula is C16H20N2O3S2. The van der Waals surface area contributed by atoms with Crippen molar-refractivity contribution in [3.8, 4) is 0 Å². The van der Waals surface area contributed by atoms with Crippen molar-refractivity contribution < 1.29 is 13.2 Å². The van der Waals surface area contributed by atoms with Gasteiger partial charge in [0.25, 0.3) is 0 Å². The average molecular weight is 352 g/mol. The van der Waals surface area contributed by atoms with Crippen LogP contribution >= 0.6 is 11.3 Å². The maximum absolute atomic E-state index is 12.1. The summed E-state index contributed by atoms with van der Waals surface area (Å²) in [5.74, 6) is 0. The second kappa shape index (κ2) is 7.55. The van der Waals surface area contributed by atoms with Crippen LogP contribution in [0.5, 0.6) is 0 Å². The minimum Gasteiger partial charge on any atom is -0.379 e. The molecule has 2 heterocycles. The van der Waals surface area contributed by atoms with E-state index in [4.69, 9.17) is 4.74 Å². The SMILES string of the molecule is O=S(=O)(NCc1ccc(CN2CCOCC2)cc1)c1cccs1. The van der Waals surface area contributed by atoms with Gasteiger partial charge in [0, 0.05) is 26.2 Å². The highest BCUT2D eigenvalue weighted by Crippen LogP contribution is 2.16. The molecule has 5 nitrogen and oxygen atoms in total. The summed E-state index contributed by atoms with van der Waals surface area (Å²) in [6, 6.07) is 11.4. The first-order valence-electron chi connectivity index (χ1n) is 7.54. The second-order valence-electron chi connectivity index (χ2n) is 5.46. The molecule has 0 saturated carbocycles. The Bertz CT molecular complexity index is 706. The van der Waals surface area contributed by atoms with Crippen molar-refractivity contribution >= 4 is 21.4 Å². The molecule has 0 radical (unpaired) electrons. The van der Waals surface area contributed by atoms with E-state index in [1.54, 1.807) is 17.5 Å². The fraction of sp³-hybridized carbons (Fsp3) is 0.375. The monoisotopic (exact) mass is 352 g/mol. The molecule has 1 aromatic heterocycles. The van der Waals surface area contributed by atoms with Crippen molar-refractivity contribution in [3.05, 3.63) is 52.9 Å². The molecular weight excluding hydrogens is 332 g/mol. The van der Waals surface area contributed by atoms with Gasteiger partial charge >= 0.3 is 0 Å². The molecule has 0 bridgehead atoms. The molecule has 1 saturated heterocycles. The Morgan fingerprint density at radius 1 is 1.09 bits per heavy atom. The Morgan fingerprint density at radius 3 is 2.43 bits per heavy atom. The van der Waals surface area contributed by atoms with Gasteiger partial charge < -0.3 is 4.74 Å². The zero-order valence-corrected chi connectivity index (χ0v) is 14.4. The molecule has 1 N–H and O–H groups in total. The van der Waals surface area contributed by atoms with Crippen LogP contribution in [0.1, 0.15) is 11.1 Å². The number of nitrogens with one attached hydrogen (secondary N) is 1. The average Bonchev–Trinajstić information content (AvgIpc) is 3.11. The van der Waals surface area contributed by atoms with Gasteiger partial charge in [-0.1, -0.05) is 30.3 Å². The largest absolute Gasteiger partial charge is 0.379 e. The minimum atomic E-state index is -3.40. The quantitative estimate of drug-likeness (QED) is 0.865. The lowest BCUT2D eigenvalue weighted by Gasteiger charge is -2.26. The lowest BCUT2D eigenvalue weighted by atomic mass is 10.1. The Morgan fingerprint density at radius 2 is 1.78 bits per heavy atom. The first-order valence-corrected chi connectivity index (χ1v) is 9.91. The van der Waals surface area contributed by atoms with Crippen LogP contribution in [0, 0.1) is 0 Å². The van der Waals surface area contributed by atoms with Gasteiger partial charge in [-0.2, -0.15) is 0 Å². The molecule has 0 unspecified atom stereocenters. The number of hydrogen-bond donors (Lipinski definition) is 1. The topological polar surface area (TPSA) is 58.6 Å². The molecule has 124 valence electrons. The van der Waals surface area contributed by atoms with E-state index in [0.717, 1.165) is 38.4 Å². The number of thiophene rings is 1. The lowest BCUT2D eigenvalue weighted by Crippen LogP contribution is -2.35. The van der Waals surface area contributed by atoms with Crippen molar-refractivity contribution in [2.24, 2.45) is 0 Å². The summed E-state index contributed by atoms with van der Waals surface area (Å²) in [7, 11) is -3.40. The van der Waals surface area contributed by atoms with Gasteiger partial charge in [0.05, 0.1) is 13.2 Å². The van der Waals surface area contributed by atoms with E-state index in [1.807, 2.05) is 12.1 Å². The Balaban J connectivity index is 1.55. The zero-order chi connectivity index (χ0) is 16.1. The van der Waals surface area contributed by atoms with Gasteiger partial charge in [-0.15, -0.1) is 11.3 Å². The predicted molar refractivity (Wildman–Crippen MR) is 90.9 cm³/mol. The zero-order valence-electron chi connectivity index (χ0n) is 12.8. The van der Waals surface area contributed by atoms with Gasteiger partial charge in [-0.3, -0.25) is 4.90 Å². The first kappa shape index (κ1) is 16.6. The number of benzene rings is 1. The number of hydrogen-bond acceptors (Lipinski definition) is 5. The molecule has 1 aromatic carbocycles. The van der Waals surface area contributed by atoms with Gasteiger partial charge in [-0.05, 0) is 22.6 Å². The van der Waals surface area contributed by atoms with E-state index in [1.165, 1.54) is 16.9 Å². The van der Waals surface area contributed by atoms with Gasteiger partial charge in [0.1, 0.15) is 4.21 Å². The maximum atomic E-state index is 12.1. The van der Waals surface area contributed by atoms with Crippen LogP contribution in [0.2, 0.25) is 0 Å². The van der Waals surface area contributed by atoms with E-state index < -0.39 is 10.0 Å². The summed E-state index contributed by atoms with van der Waals surface area (Å²) in [6.07, 6.45) is 0. The Labute approximate surface area is 140 Å². The third-order valence-electron chi connectivity index (χ3n) is 3.76. The van der Waals surface area contributed by atoms with Gasteiger partial charge in [0.2, 0.25) is 10.0 Å². The van der Waals surface area contributed by atoms with E-state index in [9.17, 15) is 8.42 Å². The van der Waals surface area contributed by atoms with E-state index >= 15 is 0 Å². The molecule has 0 atom stereocenters. The fourth-order valence-electron chi connectivity index (χ4n) is 2.45. The first-order chi connectivity index (χ1) is 11.1. The summed E-state index contributed by atoms with van der Waals surface area (Å²) in [4.78, 5) is 2.36. The Hall–Kier alpha value is -1.25. The molecule has 0 spiro atoms. The molecule has 1 fully saturated rings. The van der Waals surface area contributed by atoms with Gasteiger partial charge in [0.15, 0.2) is 0 Å². The van der Waals surface area contributed by atoms with Crippen molar-refractivity contribution in [1.29, 1.82) is 0 Å². The summed E-state index contributed by atoms with van der Waals surface area (Å²) >= 11 is 1.22. The molecule has 2 aromatic rings. The predicted octanol–water partition coefficient (Wildman–Crippen LogP) is 2.06. The van der Waals surface area contributed by atoms with Crippen molar-refractivity contribution in [2.75, 3.05) is 26.3 Å². The van der Waals surface area contributed by atoms with Gasteiger partial charge in [-0.25, -0.2) is 13.1 Å². The van der Waals surface area contributed by atoms with Crippen LogP contribution in [-0.4, -0.2) is 39.6 Å². The van der Waals surface area contributed by atoms with Crippen molar-refractivity contribution in [1.82, 2.24) is 9.62 Å². The highest BCUT2D eigenvalue weighted by atomic mass is 32.2. The Kier molecular flexibility index (Phi) is 5.45. The number of rotatable bonds is 6. The minimum absolute atomic E-state index is 0.304. The third-order valence-corrected chi connectivity index (χ3v) is 6.56. The van der Waals surface area contributed by atoms with Crippen LogP contribution in [0.25, 0.3) is 0 Å². The van der Waals surface area contributed by atoms with Crippen LogP contribution in [0.3, 0.4) is 0 Å². The molecule has 23 heavy (non-hydrogen) atoms. The molecule has 1 aliphatic rings. The van der Waals surface area contributed by atoms with Crippen molar-refractivity contribution in [2.45, 2.75) is 17.3 Å². The van der Waals surface area contributed by atoms with Crippen molar-refractivity contribution in [3.63, 3.8) is 0 Å². The lowest BCUT2D eigenvalue weighted by molar-refractivity contribution is 0.0342. The third kappa shape index (κ3) is 4.62. The highest BCUT2D eigenvalue weighted by Gasteiger charge is 2.14. The van der Waals surface area contributed by atoms with E-state index in [2.05, 4.69) is 21.8 Å². The standard InChI is InChI=1S/C16H20N2O3S2/c19-23(20,16-2-1-11-22-16)17-12-14-3-5-15(6-4-14)13-18-7-9-21-10-8-18/h1-6,11,17H,7-10,12-13H2. The summed E-state index contributed by atoms with van der Waals surface area (Å²) < 4.78 is 32.5.